The number of carboxylic acids is 1. The Bertz CT molecular complexity index is 1430. The molecule has 0 saturated carbocycles. The topological polar surface area (TPSA) is 146 Å². The minimum atomic E-state index is -1.20. The molecule has 0 saturated heterocycles. The fourth-order valence-electron chi connectivity index (χ4n) is 3.97. The van der Waals surface area contributed by atoms with Crippen molar-refractivity contribution in [3.8, 4) is 28.0 Å². The molecule has 1 amide bonds. The number of carbonyl (C=O) groups excluding carboxylic acids is 1. The Balaban J connectivity index is 1.45. The predicted molar refractivity (Wildman–Crippen MR) is 142 cm³/mol. The highest BCUT2D eigenvalue weighted by molar-refractivity contribution is 5.96. The third-order valence-corrected chi connectivity index (χ3v) is 5.92. The summed E-state index contributed by atoms with van der Waals surface area (Å²) in [5, 5.41) is 30.7. The van der Waals surface area contributed by atoms with Crippen molar-refractivity contribution in [2.24, 2.45) is 0 Å². The van der Waals surface area contributed by atoms with E-state index < -0.39 is 24.5 Å². The molecule has 2 aromatic heterocycles. The van der Waals surface area contributed by atoms with Crippen LogP contribution in [0.1, 0.15) is 40.2 Å². The van der Waals surface area contributed by atoms with E-state index in [2.05, 4.69) is 20.3 Å². The van der Waals surface area contributed by atoms with Gasteiger partial charge < -0.3 is 20.6 Å². The number of nitrogens with zero attached hydrogens (tertiary/aromatic N) is 3. The first kappa shape index (κ1) is 26.4. The largest absolute Gasteiger partial charge is 0.504 e. The molecule has 0 aliphatic carbocycles. The molecule has 9 heteroatoms. The normalized spacial score (nSPS) is 11.7. The van der Waals surface area contributed by atoms with Gasteiger partial charge in [-0.25, -0.2) is 9.97 Å². The maximum atomic E-state index is 12.3. The lowest BCUT2D eigenvalue weighted by atomic mass is 9.99. The van der Waals surface area contributed by atoms with E-state index in [0.717, 1.165) is 33.5 Å². The number of pyridine rings is 1. The van der Waals surface area contributed by atoms with Crippen LogP contribution in [0, 0.1) is 6.92 Å². The van der Waals surface area contributed by atoms with Crippen molar-refractivity contribution in [2.75, 3.05) is 6.54 Å². The van der Waals surface area contributed by atoms with E-state index in [1.165, 1.54) is 0 Å². The van der Waals surface area contributed by atoms with Gasteiger partial charge in [-0.3, -0.25) is 14.6 Å². The summed E-state index contributed by atoms with van der Waals surface area (Å²) in [7, 11) is 0. The lowest BCUT2D eigenvalue weighted by Crippen LogP contribution is -2.30. The molecule has 0 aliphatic rings. The molecule has 0 aliphatic heterocycles. The van der Waals surface area contributed by atoms with Gasteiger partial charge in [-0.05, 0) is 42.2 Å². The van der Waals surface area contributed by atoms with Gasteiger partial charge in [0.15, 0.2) is 11.4 Å². The van der Waals surface area contributed by atoms with E-state index in [1.807, 2.05) is 66.9 Å². The number of aliphatic hydroxyl groups excluding tert-OH is 1. The number of nitrogens with one attached hydrogen (secondary N) is 1. The molecular formula is C29H28N4O5. The van der Waals surface area contributed by atoms with Crippen LogP contribution >= 0.6 is 0 Å². The van der Waals surface area contributed by atoms with Crippen molar-refractivity contribution in [2.45, 2.75) is 32.8 Å². The van der Waals surface area contributed by atoms with E-state index >= 15 is 0 Å². The second-order valence-corrected chi connectivity index (χ2v) is 9.04. The number of rotatable bonds is 9. The average Bonchev–Trinajstić information content (AvgIpc) is 2.90. The number of hydrogen-bond acceptors (Lipinski definition) is 7. The first-order valence-corrected chi connectivity index (χ1v) is 12.1. The molecule has 0 bridgehead atoms. The van der Waals surface area contributed by atoms with Gasteiger partial charge >= 0.3 is 5.97 Å². The van der Waals surface area contributed by atoms with E-state index in [1.54, 1.807) is 13.8 Å². The average molecular weight is 513 g/mol. The number of carbonyl (C=O) groups is 2. The number of aliphatic carboxylic acids is 1. The molecule has 0 fully saturated rings. The first-order valence-electron chi connectivity index (χ1n) is 12.1. The molecule has 4 N–H and O–H groups in total. The van der Waals surface area contributed by atoms with Crippen molar-refractivity contribution in [1.82, 2.24) is 20.3 Å². The lowest BCUT2D eigenvalue weighted by Gasteiger charge is -2.10. The Kier molecular flexibility index (Phi) is 8.08. The Morgan fingerprint density at radius 1 is 0.895 bits per heavy atom. The van der Waals surface area contributed by atoms with Gasteiger partial charge in [-0.2, -0.15) is 0 Å². The summed E-state index contributed by atoms with van der Waals surface area (Å²) < 4.78 is 0. The first-order chi connectivity index (χ1) is 18.2. The van der Waals surface area contributed by atoms with Crippen LogP contribution in [0.5, 0.6) is 5.75 Å². The van der Waals surface area contributed by atoms with Crippen LogP contribution in [0.2, 0.25) is 0 Å². The maximum absolute atomic E-state index is 12.3. The third-order valence-electron chi connectivity index (χ3n) is 5.92. The van der Waals surface area contributed by atoms with Gasteiger partial charge in [0.25, 0.3) is 5.91 Å². The molecule has 9 nitrogen and oxygen atoms in total. The van der Waals surface area contributed by atoms with Gasteiger partial charge in [0.2, 0.25) is 0 Å². The maximum Gasteiger partial charge on any atom is 0.322 e. The van der Waals surface area contributed by atoms with E-state index in [9.17, 15) is 19.8 Å². The quantitative estimate of drug-likeness (QED) is 0.266. The standard InChI is InChI=1S/C29H28N4O5/c1-17(34)13-24-12-11-23(15-30-24)22-9-7-21(8-10-22)20-5-3-19(4-6-20)14-25-32-18(2)28(37)27(33-25)29(38)31-16-26(35)36/h3-12,15,17,34,37H,13-14,16H2,1-2H3,(H,31,38)(H,35,36). The molecule has 2 aromatic carbocycles. The minimum Gasteiger partial charge on any atom is -0.504 e. The van der Waals surface area contributed by atoms with Crippen LogP contribution in [-0.4, -0.2) is 54.8 Å². The molecule has 1 unspecified atom stereocenters. The Hall–Kier alpha value is -4.63. The van der Waals surface area contributed by atoms with Crippen LogP contribution in [0.25, 0.3) is 22.3 Å². The lowest BCUT2D eigenvalue weighted by molar-refractivity contribution is -0.135. The van der Waals surface area contributed by atoms with Gasteiger partial charge in [-0.15, -0.1) is 0 Å². The Morgan fingerprint density at radius 2 is 1.47 bits per heavy atom. The molecule has 1 atom stereocenters. The van der Waals surface area contributed by atoms with Crippen LogP contribution in [0.4, 0.5) is 0 Å². The van der Waals surface area contributed by atoms with Gasteiger partial charge in [0.05, 0.1) is 11.8 Å². The van der Waals surface area contributed by atoms with Crippen LogP contribution in [0.3, 0.4) is 0 Å². The third kappa shape index (κ3) is 6.57. The van der Waals surface area contributed by atoms with Crippen molar-refractivity contribution in [3.05, 3.63) is 95.3 Å². The van der Waals surface area contributed by atoms with Crippen molar-refractivity contribution in [1.29, 1.82) is 0 Å². The number of hydrogen-bond donors (Lipinski definition) is 4. The highest BCUT2D eigenvalue weighted by atomic mass is 16.4. The van der Waals surface area contributed by atoms with Crippen LogP contribution < -0.4 is 5.32 Å². The van der Waals surface area contributed by atoms with Crippen LogP contribution in [-0.2, 0) is 17.6 Å². The van der Waals surface area contributed by atoms with Crippen molar-refractivity contribution in [3.63, 3.8) is 0 Å². The summed E-state index contributed by atoms with van der Waals surface area (Å²) in [5.74, 6) is -2.01. The summed E-state index contributed by atoms with van der Waals surface area (Å²) >= 11 is 0. The SMILES string of the molecule is Cc1nc(Cc2ccc(-c3ccc(-c4ccc(CC(C)O)nc4)cc3)cc2)nc(C(=O)NCC(=O)O)c1O. The summed E-state index contributed by atoms with van der Waals surface area (Å²) in [6.45, 7) is 2.72. The summed E-state index contributed by atoms with van der Waals surface area (Å²) in [4.78, 5) is 35.8. The fourth-order valence-corrected chi connectivity index (χ4v) is 3.97. The second kappa shape index (κ2) is 11.6. The monoisotopic (exact) mass is 512 g/mol. The number of aromatic nitrogens is 3. The van der Waals surface area contributed by atoms with Gasteiger partial charge in [0, 0.05) is 30.3 Å². The number of carboxylic acid groups (broad SMARTS) is 1. The smallest absolute Gasteiger partial charge is 0.322 e. The van der Waals surface area contributed by atoms with Gasteiger partial charge in [-0.1, -0.05) is 54.6 Å². The highest BCUT2D eigenvalue weighted by Gasteiger charge is 2.18. The molecule has 4 aromatic rings. The summed E-state index contributed by atoms with van der Waals surface area (Å²) in [6.07, 6.45) is 2.25. The number of amides is 1. The molecule has 0 spiro atoms. The summed E-state index contributed by atoms with van der Waals surface area (Å²) in [6, 6.07) is 20.0. The number of aliphatic hydroxyl groups is 1. The summed E-state index contributed by atoms with van der Waals surface area (Å²) in [5.41, 5.74) is 5.88. The zero-order valence-corrected chi connectivity index (χ0v) is 21.0. The van der Waals surface area contributed by atoms with Gasteiger partial charge in [0.1, 0.15) is 12.4 Å². The molecule has 4 rings (SSSR count). The molecule has 0 radical (unpaired) electrons. The highest BCUT2D eigenvalue weighted by Crippen LogP contribution is 2.26. The van der Waals surface area contributed by atoms with E-state index in [-0.39, 0.29) is 17.1 Å². The molecule has 194 valence electrons. The van der Waals surface area contributed by atoms with Crippen molar-refractivity contribution >= 4 is 11.9 Å². The Morgan fingerprint density at radius 3 is 2.03 bits per heavy atom. The zero-order valence-electron chi connectivity index (χ0n) is 21.0. The van der Waals surface area contributed by atoms with Crippen molar-refractivity contribution < 1.29 is 24.9 Å². The van der Waals surface area contributed by atoms with E-state index in [0.29, 0.717) is 18.7 Å². The molecule has 2 heterocycles. The fraction of sp³-hybridized carbons (Fsp3) is 0.207. The zero-order chi connectivity index (χ0) is 27.2. The van der Waals surface area contributed by atoms with E-state index in [4.69, 9.17) is 5.11 Å². The predicted octanol–water partition coefficient (Wildman–Crippen LogP) is 3.55. The number of benzene rings is 2. The number of aromatic hydroxyl groups is 1. The second-order valence-electron chi connectivity index (χ2n) is 9.04. The Labute approximate surface area is 219 Å². The number of aryl methyl sites for hydroxylation is 1. The molecule has 38 heavy (non-hydrogen) atoms. The molecular weight excluding hydrogens is 484 g/mol. The van der Waals surface area contributed by atoms with Crippen LogP contribution in [0.15, 0.2) is 66.9 Å². The minimum absolute atomic E-state index is 0.236.